The van der Waals surface area contributed by atoms with E-state index in [1.807, 2.05) is 25.1 Å². The molecule has 4 heterocycles. The molecule has 4 aliphatic rings. The van der Waals surface area contributed by atoms with Gasteiger partial charge in [-0.05, 0) is 44.7 Å². The molecule has 8 nitrogen and oxygen atoms in total. The van der Waals surface area contributed by atoms with E-state index in [1.165, 1.54) is 4.90 Å². The van der Waals surface area contributed by atoms with Crippen molar-refractivity contribution in [2.45, 2.75) is 63.1 Å². The Morgan fingerprint density at radius 3 is 2.80 bits per heavy atom. The van der Waals surface area contributed by atoms with Gasteiger partial charge in [0, 0.05) is 36.0 Å². The molecule has 1 saturated carbocycles. The molecule has 3 saturated heterocycles. The monoisotopic (exact) mass is 483 g/mol. The smallest absolute Gasteiger partial charge is 0.256 e. The third-order valence-electron chi connectivity index (χ3n) is 7.62. The maximum absolute atomic E-state index is 15.0. The summed E-state index contributed by atoms with van der Waals surface area (Å²) in [7, 11) is 0. The molecule has 184 valence electrons. The summed E-state index contributed by atoms with van der Waals surface area (Å²) in [5.41, 5.74) is 1.78. The highest BCUT2D eigenvalue weighted by molar-refractivity contribution is 6.07. The van der Waals surface area contributed by atoms with Crippen LogP contribution >= 0.6 is 0 Å². The van der Waals surface area contributed by atoms with Crippen LogP contribution in [-0.2, 0) is 9.59 Å². The Morgan fingerprint density at radius 2 is 2.11 bits per heavy atom. The number of carbonyl (C=O) groups is 3. The number of carbonyl (C=O) groups excluding carboxylic acids is 3. The topological polar surface area (TPSA) is 118 Å². The van der Waals surface area contributed by atoms with Crippen LogP contribution in [0.3, 0.4) is 0 Å². The molecule has 10 heteroatoms. The highest BCUT2D eigenvalue weighted by Crippen LogP contribution is 2.49. The molecule has 0 spiro atoms. The molecule has 2 aromatic rings. The van der Waals surface area contributed by atoms with Gasteiger partial charge in [0.25, 0.3) is 11.8 Å². The van der Waals surface area contributed by atoms with Crippen LogP contribution in [0, 0.1) is 30.1 Å². The fraction of sp³-hybridized carbons (Fsp3) is 0.520. The molecule has 1 aromatic heterocycles. The van der Waals surface area contributed by atoms with Gasteiger partial charge in [0.2, 0.25) is 11.8 Å². The van der Waals surface area contributed by atoms with Crippen molar-refractivity contribution >= 4 is 28.6 Å². The van der Waals surface area contributed by atoms with Crippen LogP contribution in [0.2, 0.25) is 0 Å². The molecule has 3 aliphatic heterocycles. The number of aromatic nitrogens is 1. The Morgan fingerprint density at radius 1 is 1.31 bits per heavy atom. The molecule has 0 unspecified atom stereocenters. The first-order chi connectivity index (χ1) is 16.7. The number of piperidine rings is 2. The number of para-hydroxylation sites is 1. The lowest BCUT2D eigenvalue weighted by atomic mass is 9.71. The fourth-order valence-electron chi connectivity index (χ4n) is 5.97. The van der Waals surface area contributed by atoms with Gasteiger partial charge in [-0.3, -0.25) is 14.4 Å². The van der Waals surface area contributed by atoms with E-state index in [1.54, 1.807) is 12.1 Å². The summed E-state index contributed by atoms with van der Waals surface area (Å²) < 4.78 is 29.9. The largest absolute Gasteiger partial charge is 0.358 e. The van der Waals surface area contributed by atoms with E-state index in [0.717, 1.165) is 11.1 Å². The fourth-order valence-corrected chi connectivity index (χ4v) is 5.97. The summed E-state index contributed by atoms with van der Waals surface area (Å²) in [6, 6.07) is 5.88. The van der Waals surface area contributed by atoms with E-state index in [2.05, 4.69) is 15.6 Å². The van der Waals surface area contributed by atoms with E-state index in [9.17, 15) is 28.4 Å². The van der Waals surface area contributed by atoms with Crippen molar-refractivity contribution in [1.29, 1.82) is 5.26 Å². The maximum atomic E-state index is 15.0. The minimum Gasteiger partial charge on any atom is -0.358 e. The number of alkyl halides is 2. The van der Waals surface area contributed by atoms with Crippen LogP contribution in [0.5, 0.6) is 0 Å². The van der Waals surface area contributed by atoms with E-state index >= 15 is 0 Å². The second-order valence-electron chi connectivity index (χ2n) is 9.88. The summed E-state index contributed by atoms with van der Waals surface area (Å²) in [4.78, 5) is 43.6. The number of nitrogens with one attached hydrogen (secondary N) is 3. The third kappa shape index (κ3) is 4.03. The number of hydrogen-bond acceptors (Lipinski definition) is 4. The van der Waals surface area contributed by atoms with Gasteiger partial charge in [-0.15, -0.1) is 0 Å². The Hall–Kier alpha value is -3.48. The lowest BCUT2D eigenvalue weighted by Crippen LogP contribution is -2.68. The van der Waals surface area contributed by atoms with Gasteiger partial charge in [-0.1, -0.05) is 12.1 Å². The van der Waals surface area contributed by atoms with Crippen molar-refractivity contribution in [3.05, 3.63) is 35.5 Å². The molecule has 4 fully saturated rings. The third-order valence-corrected chi connectivity index (χ3v) is 7.62. The minimum atomic E-state index is -3.09. The minimum absolute atomic E-state index is 0.0975. The van der Waals surface area contributed by atoms with E-state index in [0.29, 0.717) is 30.5 Å². The molecular formula is C25H27F2N5O3. The maximum Gasteiger partial charge on any atom is 0.256 e. The lowest BCUT2D eigenvalue weighted by Gasteiger charge is -2.53. The Kier molecular flexibility index (Phi) is 5.74. The van der Waals surface area contributed by atoms with Crippen LogP contribution in [-0.4, -0.2) is 58.2 Å². The zero-order valence-corrected chi connectivity index (χ0v) is 19.3. The van der Waals surface area contributed by atoms with Crippen molar-refractivity contribution in [1.82, 2.24) is 20.5 Å². The summed E-state index contributed by atoms with van der Waals surface area (Å²) in [5, 5.41) is 15.7. The van der Waals surface area contributed by atoms with Crippen LogP contribution < -0.4 is 10.6 Å². The molecule has 2 bridgehead atoms. The number of amides is 3. The van der Waals surface area contributed by atoms with Crippen molar-refractivity contribution in [2.75, 3.05) is 6.54 Å². The number of nitrogens with zero attached hydrogens (tertiary/aromatic N) is 2. The Bertz CT molecular complexity index is 1240. The lowest BCUT2D eigenvalue weighted by molar-refractivity contribution is -0.179. The van der Waals surface area contributed by atoms with Crippen LogP contribution in [0.25, 0.3) is 10.9 Å². The Balaban J connectivity index is 1.45. The van der Waals surface area contributed by atoms with Gasteiger partial charge < -0.3 is 20.5 Å². The highest BCUT2D eigenvalue weighted by atomic mass is 19.3. The zero-order valence-electron chi connectivity index (χ0n) is 19.3. The second kappa shape index (κ2) is 8.63. The number of hydrogen-bond donors (Lipinski definition) is 3. The van der Waals surface area contributed by atoms with Gasteiger partial charge in [-0.25, -0.2) is 8.78 Å². The number of aromatic amines is 1. The summed E-state index contributed by atoms with van der Waals surface area (Å²) >= 11 is 0. The van der Waals surface area contributed by atoms with Gasteiger partial charge >= 0.3 is 0 Å². The summed E-state index contributed by atoms with van der Waals surface area (Å²) in [6.45, 7) is 2.36. The molecule has 35 heavy (non-hydrogen) atoms. The highest BCUT2D eigenvalue weighted by Gasteiger charge is 2.60. The van der Waals surface area contributed by atoms with E-state index < -0.39 is 54.1 Å². The number of nitriles is 1. The standard InChI is InChI=1S/C25H27F2N5O3/c1-13-9-14-3-2-4-18(20(14)30-13)24(35)32-17-5-6-19(25(26,27)11-17)21(32)23(34)31-16(12-28)10-15-7-8-29-22(15)33/h2-4,9,15-17,19,21,30H,5-8,10-11H2,1H3,(H,29,33)(H,31,34)/t15-,16-,17+,19+,21+/m0/s1. The molecular weight excluding hydrogens is 456 g/mol. The van der Waals surface area contributed by atoms with Crippen molar-refractivity contribution < 1.29 is 23.2 Å². The van der Waals surface area contributed by atoms with Crippen molar-refractivity contribution in [3.63, 3.8) is 0 Å². The van der Waals surface area contributed by atoms with Crippen LogP contribution in [0.1, 0.15) is 48.2 Å². The quantitative estimate of drug-likeness (QED) is 0.606. The van der Waals surface area contributed by atoms with E-state index in [4.69, 9.17) is 0 Å². The van der Waals surface area contributed by atoms with Gasteiger partial charge in [0.05, 0.1) is 23.1 Å². The predicted octanol–water partition coefficient (Wildman–Crippen LogP) is 2.64. The molecule has 6 rings (SSSR count). The molecule has 0 radical (unpaired) electrons. The second-order valence-corrected chi connectivity index (χ2v) is 9.88. The van der Waals surface area contributed by atoms with E-state index in [-0.39, 0.29) is 18.7 Å². The number of fused-ring (bicyclic) bond motifs is 4. The number of halogens is 2. The zero-order chi connectivity index (χ0) is 24.9. The van der Waals surface area contributed by atoms with Gasteiger partial charge in [0.15, 0.2) is 0 Å². The van der Waals surface area contributed by atoms with Crippen molar-refractivity contribution in [2.24, 2.45) is 11.8 Å². The number of aryl methyl sites for hydroxylation is 1. The summed E-state index contributed by atoms with van der Waals surface area (Å²) in [6.07, 6.45) is 0.660. The van der Waals surface area contributed by atoms with Crippen LogP contribution in [0.4, 0.5) is 8.78 Å². The normalized spacial score (nSPS) is 27.9. The van der Waals surface area contributed by atoms with Gasteiger partial charge in [0.1, 0.15) is 12.1 Å². The predicted molar refractivity (Wildman–Crippen MR) is 122 cm³/mol. The molecule has 1 aliphatic carbocycles. The Labute approximate surface area is 201 Å². The number of H-pyrrole nitrogens is 1. The average molecular weight is 484 g/mol. The van der Waals surface area contributed by atoms with Crippen molar-refractivity contribution in [3.8, 4) is 6.07 Å². The van der Waals surface area contributed by atoms with Gasteiger partial charge in [-0.2, -0.15) is 5.26 Å². The SMILES string of the molecule is Cc1cc2cccc(C(=O)N3[C@@H]4CC[C@H]([C@@H]3C(=O)N[C@H](C#N)C[C@@H]3CCNC3=O)C(F)(F)C4)c2[nH]1. The number of benzene rings is 1. The molecule has 1 aromatic carbocycles. The van der Waals surface area contributed by atoms with Crippen LogP contribution in [0.15, 0.2) is 24.3 Å². The molecule has 5 atom stereocenters. The number of rotatable bonds is 5. The molecule has 3 amide bonds. The average Bonchev–Trinajstić information content (AvgIpc) is 3.40. The summed E-state index contributed by atoms with van der Waals surface area (Å²) in [5.74, 6) is -6.29. The first kappa shape index (κ1) is 23.3. The first-order valence-electron chi connectivity index (χ1n) is 12.0. The first-order valence-corrected chi connectivity index (χ1v) is 12.0. The molecule has 3 N–H and O–H groups in total.